The van der Waals surface area contributed by atoms with E-state index < -0.39 is 0 Å². The van der Waals surface area contributed by atoms with Gasteiger partial charge in [-0.05, 0) is 160 Å². The molecule has 0 spiro atoms. The highest BCUT2D eigenvalue weighted by Gasteiger charge is 2.18. The number of carbonyl (C=O) groups excluding carboxylic acids is 2. The molecule has 12 heteroatoms. The van der Waals surface area contributed by atoms with Crippen LogP contribution >= 0.6 is 12.4 Å². The first-order valence-corrected chi connectivity index (χ1v) is 29.3. The van der Waals surface area contributed by atoms with Crippen LogP contribution < -0.4 is 42.6 Å². The number of ether oxygens (including phenoxy) is 2. The van der Waals surface area contributed by atoms with E-state index in [1.807, 2.05) is 18.2 Å². The third-order valence-electron chi connectivity index (χ3n) is 13.2. The lowest BCUT2D eigenvalue weighted by molar-refractivity contribution is -0.123. The number of hydrogen-bond donors (Lipinski definition) is 6. The van der Waals surface area contributed by atoms with Crippen LogP contribution in [0.15, 0.2) is 42.5 Å². The normalized spacial score (nSPS) is 12.0. The number of halogens is 1. The second-order valence-corrected chi connectivity index (χ2v) is 19.7. The largest absolute Gasteiger partial charge is 0.490 e. The van der Waals surface area contributed by atoms with Gasteiger partial charge < -0.3 is 47.5 Å². The van der Waals surface area contributed by atoms with Crippen molar-refractivity contribution in [1.29, 1.82) is 0 Å². The lowest BCUT2D eigenvalue weighted by atomic mass is 10.1. The summed E-state index contributed by atoms with van der Waals surface area (Å²) in [4.78, 5) is 29.1. The summed E-state index contributed by atoms with van der Waals surface area (Å²) in [5, 5.41) is 9.43. The minimum absolute atomic E-state index is 0. The number of nitrogens with two attached hydrogens (primary N) is 3. The number of unbranched alkanes of at least 4 members (excludes halogenated alkanes) is 24. The van der Waals surface area contributed by atoms with E-state index in [2.05, 4.69) is 59.0 Å². The topological polar surface area (TPSA) is 170 Å². The molecule has 0 aliphatic carbocycles. The first-order chi connectivity index (χ1) is 34.5. The van der Waals surface area contributed by atoms with Gasteiger partial charge in [-0.15, -0.1) is 12.4 Å². The lowest BCUT2D eigenvalue weighted by Gasteiger charge is -2.24. The van der Waals surface area contributed by atoms with E-state index in [1.165, 1.54) is 154 Å². The van der Waals surface area contributed by atoms with E-state index in [1.54, 1.807) is 0 Å². The molecule has 0 aliphatic heterocycles. The van der Waals surface area contributed by atoms with E-state index in [9.17, 15) is 9.59 Å². The van der Waals surface area contributed by atoms with Crippen molar-refractivity contribution in [2.75, 3.05) is 72.1 Å². The zero-order valence-corrected chi connectivity index (χ0v) is 46.8. The summed E-state index contributed by atoms with van der Waals surface area (Å²) in [7, 11) is 0. The number of hydrogen-bond acceptors (Lipinski definition) is 9. The van der Waals surface area contributed by atoms with Gasteiger partial charge in [0.25, 0.3) is 5.91 Å². The van der Waals surface area contributed by atoms with E-state index >= 15 is 0 Å². The molecule has 1 atom stereocenters. The van der Waals surface area contributed by atoms with Crippen LogP contribution in [0.5, 0.6) is 11.5 Å². The van der Waals surface area contributed by atoms with Crippen LogP contribution in [0.1, 0.15) is 236 Å². The molecule has 0 heterocycles. The van der Waals surface area contributed by atoms with Gasteiger partial charge in [-0.3, -0.25) is 9.59 Å². The van der Waals surface area contributed by atoms with Crippen molar-refractivity contribution in [2.45, 2.75) is 232 Å². The molecule has 0 bridgehead atoms. The Bertz CT molecular complexity index is 1380. The highest BCUT2D eigenvalue weighted by molar-refractivity contribution is 5.95. The Morgan fingerprint density at radius 3 is 1.41 bits per heavy atom. The highest BCUT2D eigenvalue weighted by atomic mass is 35.5. The molecule has 0 saturated heterocycles. The third-order valence-corrected chi connectivity index (χ3v) is 13.2. The molecule has 0 saturated carbocycles. The molecule has 0 unspecified atom stereocenters. The molecule has 0 aliphatic rings. The molecule has 0 radical (unpaired) electrons. The van der Waals surface area contributed by atoms with Crippen molar-refractivity contribution in [3.63, 3.8) is 0 Å². The smallest absolute Gasteiger partial charge is 0.251 e. The number of carbonyl (C=O) groups is 2. The first kappa shape index (κ1) is 68.3. The number of rotatable bonds is 53. The monoisotopic (exact) mass is 1020 g/mol. The van der Waals surface area contributed by atoms with Crippen molar-refractivity contribution in [2.24, 2.45) is 17.2 Å². The molecule has 414 valence electrons. The Morgan fingerprint density at radius 2 is 0.930 bits per heavy atom. The standard InChI is InChI=1S/C59H111N7O4.ClH/c1-3-5-7-9-11-13-15-17-19-21-23-25-27-29-31-33-51-69-56-41-40-54(53-57(56)70-52-34-32-30-28-26-24-22-20-18-16-14-12-10-8-6-4-2)58(67)64-46-47-65-59(68)55(63-45-36-42-60)39-35-48-66(49-37-43-61)50-38-44-62;/h17-20,40-41,53,55,63H,3-16,21-39,42-52,60-62H2,1-2H3,(H,64,67)(H,65,68);1H/t55-;/m0./s1. The molecule has 11 nitrogen and oxygen atoms in total. The zero-order chi connectivity index (χ0) is 50.6. The summed E-state index contributed by atoms with van der Waals surface area (Å²) >= 11 is 0. The fourth-order valence-electron chi connectivity index (χ4n) is 8.72. The van der Waals surface area contributed by atoms with Crippen LogP contribution in [-0.2, 0) is 4.79 Å². The summed E-state index contributed by atoms with van der Waals surface area (Å²) in [5.41, 5.74) is 17.8. The van der Waals surface area contributed by atoms with E-state index in [4.69, 9.17) is 26.7 Å². The number of nitrogens with zero attached hydrogens (tertiary/aromatic N) is 1. The molecule has 1 rings (SSSR count). The second-order valence-electron chi connectivity index (χ2n) is 19.7. The maximum Gasteiger partial charge on any atom is 0.251 e. The molecule has 71 heavy (non-hydrogen) atoms. The van der Waals surface area contributed by atoms with Gasteiger partial charge in [-0.2, -0.15) is 0 Å². The lowest BCUT2D eigenvalue weighted by Crippen LogP contribution is -2.47. The zero-order valence-electron chi connectivity index (χ0n) is 46.0. The number of benzene rings is 1. The molecule has 2 amide bonds. The summed E-state index contributed by atoms with van der Waals surface area (Å²) in [6.07, 6.45) is 49.3. The maximum atomic E-state index is 13.4. The van der Waals surface area contributed by atoms with Gasteiger partial charge in [0, 0.05) is 18.7 Å². The molecular formula is C59H112ClN7O4. The molecule has 1 aromatic carbocycles. The Balaban J connectivity index is 0.0000490. The van der Waals surface area contributed by atoms with Crippen molar-refractivity contribution in [3.05, 3.63) is 48.1 Å². The van der Waals surface area contributed by atoms with Crippen LogP contribution in [0, 0.1) is 0 Å². The quantitative estimate of drug-likeness (QED) is 0.0275. The highest BCUT2D eigenvalue weighted by Crippen LogP contribution is 2.29. The van der Waals surface area contributed by atoms with Crippen molar-refractivity contribution < 1.29 is 19.1 Å². The summed E-state index contributed by atoms with van der Waals surface area (Å²) in [6, 6.07) is 5.17. The number of nitrogens with one attached hydrogen (secondary N) is 3. The molecular weight excluding hydrogens is 906 g/mol. The Hall–Kier alpha value is -2.67. The number of amides is 2. The summed E-state index contributed by atoms with van der Waals surface area (Å²) in [5.74, 6) is 1.04. The SMILES string of the molecule is CCCCCCCCC=CCCCCCCCCOc1ccc(C(=O)NCCNC(=O)[C@H](CCCN(CCCN)CCCN)NCCCN)cc1OCCCCCCCCC=CCCCCCCCC.Cl. The van der Waals surface area contributed by atoms with E-state index in [0.29, 0.717) is 76.0 Å². The van der Waals surface area contributed by atoms with Crippen molar-refractivity contribution >= 4 is 24.2 Å². The van der Waals surface area contributed by atoms with Crippen LogP contribution in [0.25, 0.3) is 0 Å². The van der Waals surface area contributed by atoms with E-state index in [-0.39, 0.29) is 30.3 Å². The minimum atomic E-state index is -0.330. The fourth-order valence-corrected chi connectivity index (χ4v) is 8.72. The Labute approximate surface area is 443 Å². The van der Waals surface area contributed by atoms with Gasteiger partial charge >= 0.3 is 0 Å². The van der Waals surface area contributed by atoms with Gasteiger partial charge in [-0.25, -0.2) is 0 Å². The molecule has 9 N–H and O–H groups in total. The van der Waals surface area contributed by atoms with Gasteiger partial charge in [0.05, 0.1) is 19.3 Å². The van der Waals surface area contributed by atoms with Gasteiger partial charge in [-0.1, -0.05) is 154 Å². The fraction of sp³-hybridized carbons (Fsp3) is 0.797. The van der Waals surface area contributed by atoms with E-state index in [0.717, 1.165) is 71.0 Å². The van der Waals surface area contributed by atoms with Crippen LogP contribution in [0.4, 0.5) is 0 Å². The Morgan fingerprint density at radius 1 is 0.507 bits per heavy atom. The van der Waals surface area contributed by atoms with Crippen LogP contribution in [0.3, 0.4) is 0 Å². The molecule has 1 aromatic rings. The van der Waals surface area contributed by atoms with Crippen molar-refractivity contribution in [1.82, 2.24) is 20.9 Å². The second kappa shape index (κ2) is 53.6. The van der Waals surface area contributed by atoms with Crippen LogP contribution in [-0.4, -0.2) is 94.9 Å². The average Bonchev–Trinajstić information content (AvgIpc) is 3.37. The van der Waals surface area contributed by atoms with Gasteiger partial charge in [0.1, 0.15) is 0 Å². The Kier molecular flexibility index (Phi) is 51.6. The molecule has 0 fully saturated rings. The van der Waals surface area contributed by atoms with Gasteiger partial charge in [0.15, 0.2) is 11.5 Å². The minimum Gasteiger partial charge on any atom is -0.490 e. The molecule has 0 aromatic heterocycles. The third kappa shape index (κ3) is 42.4. The predicted octanol–water partition coefficient (Wildman–Crippen LogP) is 12.9. The average molecular weight is 1020 g/mol. The van der Waals surface area contributed by atoms with Crippen molar-refractivity contribution in [3.8, 4) is 11.5 Å². The summed E-state index contributed by atoms with van der Waals surface area (Å²) in [6.45, 7) is 11.7. The van der Waals surface area contributed by atoms with Crippen LogP contribution in [0.2, 0.25) is 0 Å². The first-order valence-electron chi connectivity index (χ1n) is 29.3. The number of allylic oxidation sites excluding steroid dienone is 4. The summed E-state index contributed by atoms with van der Waals surface area (Å²) < 4.78 is 12.6. The van der Waals surface area contributed by atoms with Gasteiger partial charge in [0.2, 0.25) is 5.91 Å². The maximum absolute atomic E-state index is 13.4. The predicted molar refractivity (Wildman–Crippen MR) is 307 cm³/mol.